The highest BCUT2D eigenvalue weighted by atomic mass is 79.9. The molecule has 4 heterocycles. The molecule has 5 rings (SSSR count). The molecule has 0 bridgehead atoms. The van der Waals surface area contributed by atoms with E-state index in [1.165, 1.54) is 16.2 Å². The zero-order valence-corrected chi connectivity index (χ0v) is 21.8. The molecule has 0 aliphatic heterocycles. The van der Waals surface area contributed by atoms with Crippen LogP contribution in [0.3, 0.4) is 0 Å². The molecule has 1 saturated carbocycles. The number of halogens is 1. The van der Waals surface area contributed by atoms with Crippen molar-refractivity contribution in [3.05, 3.63) is 63.1 Å². The molecule has 0 radical (unpaired) electrons. The van der Waals surface area contributed by atoms with Crippen LogP contribution in [0.2, 0.25) is 0 Å². The van der Waals surface area contributed by atoms with Crippen molar-refractivity contribution in [1.82, 2.24) is 29.7 Å². The molecule has 10 heteroatoms. The largest absolute Gasteiger partial charge is 0.349 e. The molecular weight excluding hydrogens is 528 g/mol. The summed E-state index contributed by atoms with van der Waals surface area (Å²) in [6, 6.07) is 11.4. The fraction of sp³-hybridized carbons (Fsp3) is 0.320. The highest BCUT2D eigenvalue weighted by Gasteiger charge is 2.29. The van der Waals surface area contributed by atoms with Crippen molar-refractivity contribution >= 4 is 50.1 Å². The molecule has 1 fully saturated rings. The molecule has 0 unspecified atom stereocenters. The molecule has 180 valence electrons. The van der Waals surface area contributed by atoms with Crippen molar-refractivity contribution in [3.8, 4) is 11.5 Å². The van der Waals surface area contributed by atoms with Gasteiger partial charge in [0.2, 0.25) is 0 Å². The summed E-state index contributed by atoms with van der Waals surface area (Å²) >= 11 is 4.86. The molecule has 35 heavy (non-hydrogen) atoms. The van der Waals surface area contributed by atoms with Crippen LogP contribution in [0.15, 0.2) is 52.6 Å². The van der Waals surface area contributed by atoms with E-state index >= 15 is 0 Å². The summed E-state index contributed by atoms with van der Waals surface area (Å²) in [5.41, 5.74) is 2.69. The highest BCUT2D eigenvalue weighted by Crippen LogP contribution is 2.36. The van der Waals surface area contributed by atoms with Crippen LogP contribution in [-0.4, -0.2) is 56.4 Å². The molecule has 1 aliphatic carbocycles. The van der Waals surface area contributed by atoms with Crippen LogP contribution in [-0.2, 0) is 0 Å². The minimum Gasteiger partial charge on any atom is -0.349 e. The van der Waals surface area contributed by atoms with Gasteiger partial charge in [0.15, 0.2) is 5.82 Å². The minimum absolute atomic E-state index is 0.0414. The molecule has 2 amide bonds. The smallest absolute Gasteiger partial charge is 0.272 e. The monoisotopic (exact) mass is 552 g/mol. The van der Waals surface area contributed by atoms with Gasteiger partial charge in [-0.15, -0.1) is 11.3 Å². The second kappa shape index (κ2) is 9.87. The van der Waals surface area contributed by atoms with E-state index in [9.17, 15) is 9.59 Å². The summed E-state index contributed by atoms with van der Waals surface area (Å²) in [4.78, 5) is 41.4. The summed E-state index contributed by atoms with van der Waals surface area (Å²) in [7, 11) is 3.41. The number of rotatable bonds is 5. The van der Waals surface area contributed by atoms with Gasteiger partial charge in [-0.2, -0.15) is 0 Å². The molecule has 0 aromatic carbocycles. The lowest BCUT2D eigenvalue weighted by Gasteiger charge is -2.31. The number of nitrogens with one attached hydrogen (secondary N) is 1. The average Bonchev–Trinajstić information content (AvgIpc) is 3.47. The van der Waals surface area contributed by atoms with E-state index in [4.69, 9.17) is 4.98 Å². The molecule has 1 N–H and O–H groups in total. The standard InChI is InChI=1S/C25H25BrN6O2S/c1-31(2)25(34)19-13-18-20(14-28-19)32(23(30-18)17-8-3-4-11-27-17)16-7-5-6-15(12-16)29-24(33)21-9-10-22(26)35-21/h3-4,8-11,13-16H,5-7,12H2,1-2H3,(H,29,33)/t15-,16+/m0/s1. The van der Waals surface area contributed by atoms with Crippen LogP contribution in [0.25, 0.3) is 22.6 Å². The number of amides is 2. The number of imidazole rings is 1. The van der Waals surface area contributed by atoms with Gasteiger partial charge in [-0.25, -0.2) is 9.97 Å². The number of aromatic nitrogens is 4. The number of carbonyl (C=O) groups excluding carboxylic acids is 2. The lowest BCUT2D eigenvalue weighted by molar-refractivity contribution is 0.0821. The normalized spacial score (nSPS) is 17.9. The average molecular weight is 553 g/mol. The summed E-state index contributed by atoms with van der Waals surface area (Å²) in [5, 5.41) is 3.22. The van der Waals surface area contributed by atoms with Gasteiger partial charge in [-0.05, 0) is 71.9 Å². The SMILES string of the molecule is CN(C)C(=O)c1cc2nc(-c3ccccn3)n([C@@H]3CCC[C@H](NC(=O)c4ccc(Br)s4)C3)c2cn1. The second-order valence-corrected chi connectivity index (χ2v) is 11.3. The summed E-state index contributed by atoms with van der Waals surface area (Å²) < 4.78 is 3.13. The molecular formula is C25H25BrN6O2S. The van der Waals surface area contributed by atoms with Gasteiger partial charge in [0, 0.05) is 32.4 Å². The first kappa shape index (κ1) is 23.6. The Labute approximate surface area is 215 Å². The predicted molar refractivity (Wildman–Crippen MR) is 140 cm³/mol. The maximum atomic E-state index is 12.8. The summed E-state index contributed by atoms with van der Waals surface area (Å²) in [6.45, 7) is 0. The molecule has 0 spiro atoms. The first-order valence-electron chi connectivity index (χ1n) is 11.5. The van der Waals surface area contributed by atoms with E-state index in [-0.39, 0.29) is 23.9 Å². The van der Waals surface area contributed by atoms with E-state index in [2.05, 4.69) is 35.8 Å². The van der Waals surface area contributed by atoms with Crippen molar-refractivity contribution in [1.29, 1.82) is 0 Å². The van der Waals surface area contributed by atoms with Crippen molar-refractivity contribution in [3.63, 3.8) is 0 Å². The zero-order valence-electron chi connectivity index (χ0n) is 19.4. The van der Waals surface area contributed by atoms with E-state index < -0.39 is 0 Å². The molecule has 4 aromatic heterocycles. The lowest BCUT2D eigenvalue weighted by atomic mass is 9.90. The molecule has 1 aliphatic rings. The number of thiophene rings is 1. The zero-order chi connectivity index (χ0) is 24.5. The van der Waals surface area contributed by atoms with Gasteiger partial charge >= 0.3 is 0 Å². The molecule has 2 atom stereocenters. The molecule has 0 saturated heterocycles. The highest BCUT2D eigenvalue weighted by molar-refractivity contribution is 9.11. The Morgan fingerprint density at radius 2 is 2.03 bits per heavy atom. The third-order valence-corrected chi connectivity index (χ3v) is 7.86. The number of pyridine rings is 2. The van der Waals surface area contributed by atoms with E-state index in [1.54, 1.807) is 32.6 Å². The van der Waals surface area contributed by atoms with E-state index in [0.717, 1.165) is 46.5 Å². The Hall–Kier alpha value is -3.11. The number of carbonyl (C=O) groups is 2. The maximum Gasteiger partial charge on any atom is 0.272 e. The van der Waals surface area contributed by atoms with Crippen LogP contribution in [0, 0.1) is 0 Å². The molecule has 8 nitrogen and oxygen atoms in total. The van der Waals surface area contributed by atoms with E-state index in [1.807, 2.05) is 30.3 Å². The van der Waals surface area contributed by atoms with Crippen molar-refractivity contribution in [2.75, 3.05) is 14.1 Å². The van der Waals surface area contributed by atoms with Gasteiger partial charge in [-0.1, -0.05) is 6.07 Å². The van der Waals surface area contributed by atoms with Crippen LogP contribution in [0.5, 0.6) is 0 Å². The summed E-state index contributed by atoms with van der Waals surface area (Å²) in [6.07, 6.45) is 7.14. The lowest BCUT2D eigenvalue weighted by Crippen LogP contribution is -2.38. The van der Waals surface area contributed by atoms with Crippen LogP contribution in [0.1, 0.15) is 51.9 Å². The van der Waals surface area contributed by atoms with Gasteiger partial charge < -0.3 is 14.8 Å². The molecule has 4 aromatic rings. The first-order valence-corrected chi connectivity index (χ1v) is 13.1. The Kier molecular flexibility index (Phi) is 6.66. The third kappa shape index (κ3) is 4.85. The van der Waals surface area contributed by atoms with Crippen molar-refractivity contribution in [2.45, 2.75) is 37.8 Å². The van der Waals surface area contributed by atoms with Gasteiger partial charge in [0.25, 0.3) is 11.8 Å². The van der Waals surface area contributed by atoms with Crippen LogP contribution >= 0.6 is 27.3 Å². The quantitative estimate of drug-likeness (QED) is 0.378. The maximum absolute atomic E-state index is 12.8. The Balaban J connectivity index is 1.50. The Morgan fingerprint density at radius 1 is 1.17 bits per heavy atom. The van der Waals surface area contributed by atoms with E-state index in [0.29, 0.717) is 16.1 Å². The van der Waals surface area contributed by atoms with Crippen molar-refractivity contribution in [2.24, 2.45) is 0 Å². The van der Waals surface area contributed by atoms with Crippen molar-refractivity contribution < 1.29 is 9.59 Å². The number of hydrogen-bond acceptors (Lipinski definition) is 6. The topological polar surface area (TPSA) is 93.0 Å². The second-order valence-electron chi connectivity index (χ2n) is 8.87. The van der Waals surface area contributed by atoms with Crippen LogP contribution < -0.4 is 5.32 Å². The Bertz CT molecular complexity index is 1380. The van der Waals surface area contributed by atoms with Gasteiger partial charge in [0.1, 0.15) is 11.4 Å². The number of fused-ring (bicyclic) bond motifs is 1. The van der Waals surface area contributed by atoms with Gasteiger partial charge in [0.05, 0.1) is 25.9 Å². The fourth-order valence-electron chi connectivity index (χ4n) is 4.61. The minimum atomic E-state index is -0.165. The third-order valence-electron chi connectivity index (χ3n) is 6.24. The summed E-state index contributed by atoms with van der Waals surface area (Å²) in [5.74, 6) is 0.540. The Morgan fingerprint density at radius 3 is 2.74 bits per heavy atom. The number of hydrogen-bond donors (Lipinski definition) is 1. The number of nitrogens with zero attached hydrogens (tertiary/aromatic N) is 5. The van der Waals surface area contributed by atoms with Crippen LogP contribution in [0.4, 0.5) is 0 Å². The first-order chi connectivity index (χ1) is 16.9. The fourth-order valence-corrected chi connectivity index (χ4v) is 5.90. The van der Waals surface area contributed by atoms with Gasteiger partial charge in [-0.3, -0.25) is 14.6 Å². The predicted octanol–water partition coefficient (Wildman–Crippen LogP) is 4.93.